The second kappa shape index (κ2) is 10.8. The Labute approximate surface area is 181 Å². The maximum atomic E-state index is 5.77. The summed E-state index contributed by atoms with van der Waals surface area (Å²) >= 11 is 6.58. The summed E-state index contributed by atoms with van der Waals surface area (Å²) in [7, 11) is 0. The molecule has 0 aliphatic rings. The van der Waals surface area contributed by atoms with Crippen molar-refractivity contribution >= 4 is 50.7 Å². The van der Waals surface area contributed by atoms with Crippen molar-refractivity contribution in [1.82, 2.24) is 20.3 Å². The van der Waals surface area contributed by atoms with Gasteiger partial charge < -0.3 is 15.4 Å². The summed E-state index contributed by atoms with van der Waals surface area (Å²) in [6.45, 7) is 5.93. The van der Waals surface area contributed by atoms with Gasteiger partial charge in [-0.05, 0) is 64.9 Å². The van der Waals surface area contributed by atoms with E-state index in [1.54, 1.807) is 23.7 Å². The van der Waals surface area contributed by atoms with E-state index >= 15 is 0 Å². The average molecular weight is 480 g/mol. The van der Waals surface area contributed by atoms with Crippen molar-refractivity contribution in [1.29, 1.82) is 0 Å². The summed E-state index contributed by atoms with van der Waals surface area (Å²) in [5, 5.41) is 9.37. The molecule has 0 aliphatic carbocycles. The van der Waals surface area contributed by atoms with E-state index < -0.39 is 0 Å². The van der Waals surface area contributed by atoms with Crippen LogP contribution in [0.4, 0.5) is 11.6 Å². The van der Waals surface area contributed by atoms with Crippen LogP contribution in [0, 0.1) is 0 Å². The molecule has 9 heteroatoms. The van der Waals surface area contributed by atoms with Crippen molar-refractivity contribution in [3.8, 4) is 5.75 Å². The molecule has 0 fully saturated rings. The largest absolute Gasteiger partial charge is 0.494 e. The minimum atomic E-state index is 0.506. The molecule has 2 heterocycles. The van der Waals surface area contributed by atoms with Gasteiger partial charge in [0.05, 0.1) is 11.1 Å². The number of hydrogen-bond donors (Lipinski definition) is 2. The van der Waals surface area contributed by atoms with Gasteiger partial charge in [0.25, 0.3) is 0 Å². The summed E-state index contributed by atoms with van der Waals surface area (Å²) in [5.74, 6) is 1.39. The lowest BCUT2D eigenvalue weighted by molar-refractivity contribution is 0.306. The predicted molar refractivity (Wildman–Crippen MR) is 119 cm³/mol. The van der Waals surface area contributed by atoms with E-state index in [2.05, 4.69) is 55.4 Å². The van der Waals surface area contributed by atoms with Crippen LogP contribution in [0.1, 0.15) is 20.3 Å². The van der Waals surface area contributed by atoms with Crippen LogP contribution < -0.4 is 15.4 Å². The molecule has 0 radical (unpaired) electrons. The lowest BCUT2D eigenvalue weighted by Gasteiger charge is -2.10. The van der Waals surface area contributed by atoms with E-state index in [-0.39, 0.29) is 0 Å². The Bertz CT molecular complexity index is 859. The molecule has 2 N–H and O–H groups in total. The minimum absolute atomic E-state index is 0.506. The number of nitrogens with zero attached hydrogens (tertiary/aromatic N) is 3. The first-order valence-electron chi connectivity index (χ1n) is 8.93. The normalized spacial score (nSPS) is 11.0. The maximum absolute atomic E-state index is 5.77. The number of halogens is 1. The SMILES string of the molecule is CC(C)NCCCOc1ccc(Nc2ncc(Br)c(Sc3nccs3)n2)cc1. The lowest BCUT2D eigenvalue weighted by Crippen LogP contribution is -2.24. The van der Waals surface area contributed by atoms with Gasteiger partial charge in [-0.3, -0.25) is 0 Å². The smallest absolute Gasteiger partial charge is 0.228 e. The zero-order chi connectivity index (χ0) is 19.8. The highest BCUT2D eigenvalue weighted by Gasteiger charge is 2.09. The average Bonchev–Trinajstić information content (AvgIpc) is 3.18. The highest BCUT2D eigenvalue weighted by molar-refractivity contribution is 9.10. The second-order valence-corrected chi connectivity index (χ2v) is 9.19. The van der Waals surface area contributed by atoms with Crippen LogP contribution in [-0.2, 0) is 0 Å². The van der Waals surface area contributed by atoms with Crippen LogP contribution in [0.15, 0.2) is 55.9 Å². The number of benzene rings is 1. The van der Waals surface area contributed by atoms with Crippen LogP contribution in [0.25, 0.3) is 0 Å². The van der Waals surface area contributed by atoms with Crippen LogP contribution in [0.5, 0.6) is 5.75 Å². The zero-order valence-corrected chi connectivity index (χ0v) is 18.9. The fraction of sp³-hybridized carbons (Fsp3) is 0.316. The zero-order valence-electron chi connectivity index (χ0n) is 15.7. The van der Waals surface area contributed by atoms with Gasteiger partial charge in [0.2, 0.25) is 5.95 Å². The molecule has 0 bridgehead atoms. The Morgan fingerprint density at radius 2 is 2.04 bits per heavy atom. The van der Waals surface area contributed by atoms with Gasteiger partial charge in [0.1, 0.15) is 10.8 Å². The number of nitrogens with one attached hydrogen (secondary N) is 2. The Hall–Kier alpha value is -1.68. The van der Waals surface area contributed by atoms with Gasteiger partial charge in [-0.15, -0.1) is 11.3 Å². The predicted octanol–water partition coefficient (Wildman–Crippen LogP) is 5.36. The number of anilines is 2. The fourth-order valence-electron chi connectivity index (χ4n) is 2.24. The topological polar surface area (TPSA) is 72.0 Å². The molecule has 0 aliphatic heterocycles. The quantitative estimate of drug-likeness (QED) is 0.299. The Kier molecular flexibility index (Phi) is 8.08. The number of rotatable bonds is 10. The molecule has 2 aromatic heterocycles. The van der Waals surface area contributed by atoms with Crippen molar-refractivity contribution < 1.29 is 4.74 Å². The summed E-state index contributed by atoms with van der Waals surface area (Å²) in [5.41, 5.74) is 0.904. The Morgan fingerprint density at radius 1 is 1.21 bits per heavy atom. The van der Waals surface area contributed by atoms with Crippen LogP contribution in [0.3, 0.4) is 0 Å². The molecule has 3 aromatic rings. The van der Waals surface area contributed by atoms with Gasteiger partial charge in [-0.1, -0.05) is 13.8 Å². The molecule has 6 nitrogen and oxygen atoms in total. The van der Waals surface area contributed by atoms with Gasteiger partial charge >= 0.3 is 0 Å². The lowest BCUT2D eigenvalue weighted by atomic mass is 10.3. The second-order valence-electron chi connectivity index (χ2n) is 6.21. The van der Waals surface area contributed by atoms with Gasteiger partial charge in [-0.2, -0.15) is 0 Å². The number of ether oxygens (including phenoxy) is 1. The molecule has 0 saturated carbocycles. The first kappa shape index (κ1) is 21.0. The van der Waals surface area contributed by atoms with E-state index in [9.17, 15) is 0 Å². The first-order valence-corrected chi connectivity index (χ1v) is 11.4. The molecular formula is C19H22BrN5OS2. The van der Waals surface area contributed by atoms with Crippen molar-refractivity contribution in [3.05, 3.63) is 46.5 Å². The van der Waals surface area contributed by atoms with Crippen molar-refractivity contribution in [2.45, 2.75) is 35.7 Å². The van der Waals surface area contributed by atoms with E-state index in [0.717, 1.165) is 38.2 Å². The van der Waals surface area contributed by atoms with E-state index in [1.807, 2.05) is 29.6 Å². The van der Waals surface area contributed by atoms with Gasteiger partial charge in [0, 0.05) is 29.5 Å². The standard InChI is InChI=1S/C19H22BrN5OS2/c1-13(2)21-8-3-10-26-15-6-4-14(5-7-15)24-18-23-12-16(20)17(25-18)28-19-22-9-11-27-19/h4-7,9,11-13,21H,3,8,10H2,1-2H3,(H,23,24,25). The van der Waals surface area contributed by atoms with Crippen LogP contribution >= 0.6 is 39.0 Å². The molecule has 0 atom stereocenters. The molecule has 148 valence electrons. The van der Waals surface area contributed by atoms with Crippen molar-refractivity contribution in [2.75, 3.05) is 18.5 Å². The molecule has 28 heavy (non-hydrogen) atoms. The highest BCUT2D eigenvalue weighted by atomic mass is 79.9. The fourth-order valence-corrected chi connectivity index (χ4v) is 4.19. The van der Waals surface area contributed by atoms with Crippen LogP contribution in [0.2, 0.25) is 0 Å². The third-order valence-electron chi connectivity index (χ3n) is 3.56. The van der Waals surface area contributed by atoms with E-state index in [1.165, 1.54) is 11.8 Å². The first-order chi connectivity index (χ1) is 13.6. The van der Waals surface area contributed by atoms with Crippen molar-refractivity contribution in [3.63, 3.8) is 0 Å². The molecule has 3 rings (SSSR count). The molecule has 0 saturated heterocycles. The van der Waals surface area contributed by atoms with Crippen molar-refractivity contribution in [2.24, 2.45) is 0 Å². The Morgan fingerprint density at radius 3 is 2.75 bits per heavy atom. The number of hydrogen-bond acceptors (Lipinski definition) is 8. The van der Waals surface area contributed by atoms with Gasteiger partial charge in [-0.25, -0.2) is 15.0 Å². The monoisotopic (exact) mass is 479 g/mol. The maximum Gasteiger partial charge on any atom is 0.228 e. The van der Waals surface area contributed by atoms with E-state index in [0.29, 0.717) is 18.6 Å². The molecule has 1 aromatic carbocycles. The third-order valence-corrected chi connectivity index (χ3v) is 6.29. The van der Waals surface area contributed by atoms with Gasteiger partial charge in [0.15, 0.2) is 4.34 Å². The molecule has 0 spiro atoms. The number of aromatic nitrogens is 3. The van der Waals surface area contributed by atoms with E-state index in [4.69, 9.17) is 4.74 Å². The molecule has 0 amide bonds. The highest BCUT2D eigenvalue weighted by Crippen LogP contribution is 2.33. The summed E-state index contributed by atoms with van der Waals surface area (Å²) < 4.78 is 7.55. The van der Waals surface area contributed by atoms with Crippen LogP contribution in [-0.4, -0.2) is 34.1 Å². The summed E-state index contributed by atoms with van der Waals surface area (Å²) in [6, 6.07) is 8.32. The summed E-state index contributed by atoms with van der Waals surface area (Å²) in [4.78, 5) is 13.2. The Balaban J connectivity index is 1.53. The summed E-state index contributed by atoms with van der Waals surface area (Å²) in [6.07, 6.45) is 4.50. The third kappa shape index (κ3) is 6.73. The molecule has 0 unspecified atom stereocenters. The minimum Gasteiger partial charge on any atom is -0.494 e. The molecular weight excluding hydrogens is 458 g/mol. The number of thiazole rings is 1.